The Hall–Kier alpha value is -2.11. The zero-order valence-electron chi connectivity index (χ0n) is 16.3. The Morgan fingerprint density at radius 1 is 1.10 bits per heavy atom. The predicted molar refractivity (Wildman–Crippen MR) is 115 cm³/mol. The summed E-state index contributed by atoms with van der Waals surface area (Å²) in [7, 11) is -3.87. The van der Waals surface area contributed by atoms with E-state index in [9.17, 15) is 18.0 Å². The van der Waals surface area contributed by atoms with Gasteiger partial charge in [0, 0.05) is 35.0 Å². The van der Waals surface area contributed by atoms with Crippen molar-refractivity contribution in [2.45, 2.75) is 36.6 Å². The van der Waals surface area contributed by atoms with Crippen LogP contribution >= 0.6 is 15.9 Å². The molecular weight excluding hydrogens is 474 g/mol. The van der Waals surface area contributed by atoms with Gasteiger partial charge in [0.2, 0.25) is 15.9 Å². The highest BCUT2D eigenvalue weighted by molar-refractivity contribution is 9.10. The lowest BCUT2D eigenvalue weighted by atomic mass is 9.86. The Morgan fingerprint density at radius 2 is 1.80 bits per heavy atom. The lowest BCUT2D eigenvalue weighted by Crippen LogP contribution is -2.49. The third-order valence-corrected chi connectivity index (χ3v) is 8.47. The first-order valence-electron chi connectivity index (χ1n) is 9.88. The average molecular weight is 498 g/mol. The van der Waals surface area contributed by atoms with Crippen LogP contribution in [0.3, 0.4) is 0 Å². The summed E-state index contributed by atoms with van der Waals surface area (Å²) in [4.78, 5) is 29.1. The van der Waals surface area contributed by atoms with Crippen molar-refractivity contribution in [1.82, 2.24) is 14.2 Å². The highest BCUT2D eigenvalue weighted by atomic mass is 79.9. The smallest absolute Gasteiger partial charge is 0.315 e. The number of H-pyrrole nitrogens is 1. The molecule has 1 aromatic heterocycles. The van der Waals surface area contributed by atoms with Gasteiger partial charge in [-0.2, -0.15) is 4.31 Å². The summed E-state index contributed by atoms with van der Waals surface area (Å²) in [6.07, 6.45) is 2.60. The summed E-state index contributed by atoms with van der Waals surface area (Å²) in [5.74, 6) is -1.33. The molecule has 3 heterocycles. The van der Waals surface area contributed by atoms with Crippen LogP contribution in [-0.2, 0) is 14.8 Å². The maximum absolute atomic E-state index is 13.7. The van der Waals surface area contributed by atoms with Crippen LogP contribution in [0, 0.1) is 5.92 Å². The van der Waals surface area contributed by atoms with Gasteiger partial charge in [-0.05, 0) is 43.9 Å². The minimum atomic E-state index is -3.87. The van der Waals surface area contributed by atoms with E-state index in [1.54, 1.807) is 18.2 Å². The van der Waals surface area contributed by atoms with E-state index in [1.807, 2.05) is 0 Å². The molecule has 0 radical (unpaired) electrons. The number of hydrogen-bond acceptors (Lipinski definition) is 4. The van der Waals surface area contributed by atoms with Gasteiger partial charge in [-0.1, -0.05) is 15.9 Å². The van der Waals surface area contributed by atoms with Crippen LogP contribution in [0.15, 0.2) is 27.6 Å². The molecule has 11 heteroatoms. The van der Waals surface area contributed by atoms with Crippen LogP contribution in [0.2, 0.25) is 0 Å². The standard InChI is InChI=1S/C19H24BrN5O4S/c20-11-5-6-14-13(10-11)17(30(28,29)24-7-1-2-8-24)15(23-14)16-12(18(21)26)4-3-9-25(16)19(22)27/h5-6,10,12,16,23H,1-4,7-9H2,(H2,21,26)(H2,22,27). The SMILES string of the molecule is NC(=O)C1CCCN(C(N)=O)C1c1[nH]c2ccc(Br)cc2c1S(=O)(=O)N1CCCC1. The van der Waals surface area contributed by atoms with Crippen molar-refractivity contribution in [3.63, 3.8) is 0 Å². The molecule has 2 aliphatic heterocycles. The van der Waals surface area contributed by atoms with E-state index in [4.69, 9.17) is 11.5 Å². The van der Waals surface area contributed by atoms with Gasteiger partial charge in [0.15, 0.2) is 0 Å². The van der Waals surface area contributed by atoms with Crippen molar-refractivity contribution in [3.8, 4) is 0 Å². The molecule has 4 rings (SSSR count). The predicted octanol–water partition coefficient (Wildman–Crippen LogP) is 2.03. The van der Waals surface area contributed by atoms with E-state index >= 15 is 0 Å². The number of nitrogens with two attached hydrogens (primary N) is 2. The first-order valence-corrected chi connectivity index (χ1v) is 12.1. The largest absolute Gasteiger partial charge is 0.369 e. The highest BCUT2D eigenvalue weighted by Gasteiger charge is 2.43. The number of aromatic amines is 1. The number of fused-ring (bicyclic) bond motifs is 1. The Balaban J connectivity index is 1.99. The number of urea groups is 1. The second-order valence-corrected chi connectivity index (χ2v) is 10.6. The van der Waals surface area contributed by atoms with E-state index in [0.29, 0.717) is 43.4 Å². The number of primary amides is 2. The fourth-order valence-electron chi connectivity index (χ4n) is 4.60. The average Bonchev–Trinajstić information content (AvgIpc) is 3.35. The Morgan fingerprint density at radius 3 is 2.43 bits per heavy atom. The van der Waals surface area contributed by atoms with E-state index < -0.39 is 33.9 Å². The summed E-state index contributed by atoms with van der Waals surface area (Å²) in [5, 5.41) is 0.504. The number of carbonyl (C=O) groups is 2. The summed E-state index contributed by atoms with van der Waals surface area (Å²) >= 11 is 3.41. The molecule has 2 atom stereocenters. The summed E-state index contributed by atoms with van der Waals surface area (Å²) < 4.78 is 29.5. The van der Waals surface area contributed by atoms with Crippen LogP contribution in [0.5, 0.6) is 0 Å². The Bertz CT molecular complexity index is 1090. The second kappa shape index (κ2) is 7.86. The van der Waals surface area contributed by atoms with Gasteiger partial charge in [0.1, 0.15) is 4.90 Å². The van der Waals surface area contributed by atoms with Crippen LogP contribution < -0.4 is 11.5 Å². The number of piperidine rings is 1. The first kappa shape index (κ1) is 21.1. The van der Waals surface area contributed by atoms with Crippen LogP contribution in [0.25, 0.3) is 10.9 Å². The van der Waals surface area contributed by atoms with Crippen molar-refractivity contribution in [2.24, 2.45) is 17.4 Å². The maximum atomic E-state index is 13.7. The normalized spacial score (nSPS) is 23.2. The molecule has 9 nitrogen and oxygen atoms in total. The van der Waals surface area contributed by atoms with Crippen molar-refractivity contribution in [2.75, 3.05) is 19.6 Å². The van der Waals surface area contributed by atoms with Gasteiger partial charge in [-0.3, -0.25) is 4.79 Å². The first-order chi connectivity index (χ1) is 14.2. The van der Waals surface area contributed by atoms with E-state index in [-0.39, 0.29) is 10.6 Å². The second-order valence-electron chi connectivity index (χ2n) is 7.80. The van der Waals surface area contributed by atoms with Gasteiger partial charge in [-0.15, -0.1) is 0 Å². The van der Waals surface area contributed by atoms with E-state index in [2.05, 4.69) is 20.9 Å². The van der Waals surface area contributed by atoms with Crippen molar-refractivity contribution >= 4 is 48.8 Å². The number of likely N-dealkylation sites (tertiary alicyclic amines) is 1. The zero-order valence-corrected chi connectivity index (χ0v) is 18.7. The van der Waals surface area contributed by atoms with Gasteiger partial charge < -0.3 is 21.4 Å². The molecule has 2 fully saturated rings. The molecule has 2 unspecified atom stereocenters. The Labute approximate surface area is 182 Å². The lowest BCUT2D eigenvalue weighted by Gasteiger charge is -2.39. The lowest BCUT2D eigenvalue weighted by molar-refractivity contribution is -0.125. The van der Waals surface area contributed by atoms with Crippen LogP contribution in [0.1, 0.15) is 37.4 Å². The minimum absolute atomic E-state index is 0.0881. The number of rotatable bonds is 4. The number of sulfonamides is 1. The number of benzene rings is 1. The van der Waals surface area contributed by atoms with Crippen LogP contribution in [0.4, 0.5) is 4.79 Å². The van der Waals surface area contributed by atoms with E-state index in [0.717, 1.165) is 17.3 Å². The number of carbonyl (C=O) groups excluding carboxylic acids is 2. The van der Waals surface area contributed by atoms with E-state index in [1.165, 1.54) is 9.21 Å². The van der Waals surface area contributed by atoms with Crippen molar-refractivity contribution in [1.29, 1.82) is 0 Å². The van der Waals surface area contributed by atoms with Crippen molar-refractivity contribution < 1.29 is 18.0 Å². The molecule has 162 valence electrons. The van der Waals surface area contributed by atoms with Crippen molar-refractivity contribution in [3.05, 3.63) is 28.4 Å². The topological polar surface area (TPSA) is 143 Å². The monoisotopic (exact) mass is 497 g/mol. The number of aromatic nitrogens is 1. The molecule has 0 aliphatic carbocycles. The molecule has 0 spiro atoms. The Kier molecular flexibility index (Phi) is 5.54. The number of halogens is 1. The molecular formula is C19H24BrN5O4S. The number of hydrogen-bond donors (Lipinski definition) is 3. The van der Waals surface area contributed by atoms with Gasteiger partial charge in [-0.25, -0.2) is 13.2 Å². The third kappa shape index (κ3) is 3.48. The molecule has 2 saturated heterocycles. The molecule has 30 heavy (non-hydrogen) atoms. The number of amides is 3. The highest BCUT2D eigenvalue weighted by Crippen LogP contribution is 2.42. The maximum Gasteiger partial charge on any atom is 0.315 e. The van der Waals surface area contributed by atoms with Gasteiger partial charge >= 0.3 is 6.03 Å². The summed E-state index contributed by atoms with van der Waals surface area (Å²) in [5.41, 5.74) is 12.2. The fraction of sp³-hybridized carbons (Fsp3) is 0.474. The molecule has 0 bridgehead atoms. The fourth-order valence-corrected chi connectivity index (χ4v) is 6.86. The number of nitrogens with zero attached hydrogens (tertiary/aromatic N) is 2. The minimum Gasteiger partial charge on any atom is -0.369 e. The molecule has 1 aromatic carbocycles. The molecule has 2 aliphatic rings. The molecule has 0 saturated carbocycles. The molecule has 3 amide bonds. The third-order valence-electron chi connectivity index (χ3n) is 5.98. The number of nitrogens with one attached hydrogen (secondary N) is 1. The summed E-state index contributed by atoms with van der Waals surface area (Å²) in [6.45, 7) is 1.20. The van der Waals surface area contributed by atoms with Gasteiger partial charge in [0.05, 0.1) is 17.7 Å². The molecule has 5 N–H and O–H groups in total. The zero-order chi connectivity index (χ0) is 21.6. The van der Waals surface area contributed by atoms with Gasteiger partial charge in [0.25, 0.3) is 0 Å². The van der Waals surface area contributed by atoms with Crippen LogP contribution in [-0.4, -0.2) is 54.2 Å². The quantitative estimate of drug-likeness (QED) is 0.593. The molecule has 2 aromatic rings. The summed E-state index contributed by atoms with van der Waals surface area (Å²) in [6, 6.07) is 3.72.